The molecule has 0 aliphatic carbocycles. The largest absolute Gasteiger partial charge is 0.459 e. The molecule has 0 N–H and O–H groups in total. The molecule has 0 saturated carbocycles. The van der Waals surface area contributed by atoms with E-state index in [4.69, 9.17) is 4.74 Å². The van der Waals surface area contributed by atoms with Gasteiger partial charge < -0.3 is 9.64 Å². The second-order valence-electron chi connectivity index (χ2n) is 7.70. The standard InChI is InChI=1S/C25H21FN2O2S/c26-19-11-12-22-23(13-19)31-25(27-22)28-15-20(16-28)30-24(29)14-21(17-7-3-1-4-8-17)18-9-5-2-6-10-18/h1-13,20-21H,14-16H2. The molecular weight excluding hydrogens is 411 g/mol. The first-order valence-corrected chi connectivity index (χ1v) is 11.1. The molecule has 1 aromatic heterocycles. The van der Waals surface area contributed by atoms with E-state index in [1.807, 2.05) is 60.7 Å². The number of carbonyl (C=O) groups excluding carboxylic acids is 1. The summed E-state index contributed by atoms with van der Waals surface area (Å²) in [7, 11) is 0. The maximum atomic E-state index is 13.4. The number of nitrogens with zero attached hydrogens (tertiary/aromatic N) is 2. The predicted octanol–water partition coefficient (Wildman–Crippen LogP) is 5.39. The summed E-state index contributed by atoms with van der Waals surface area (Å²) < 4.78 is 20.0. The Hall–Kier alpha value is -3.25. The van der Waals surface area contributed by atoms with E-state index in [0.717, 1.165) is 26.5 Å². The van der Waals surface area contributed by atoms with Crippen molar-refractivity contribution >= 4 is 32.7 Å². The molecule has 4 aromatic rings. The van der Waals surface area contributed by atoms with Crippen molar-refractivity contribution in [1.29, 1.82) is 0 Å². The van der Waals surface area contributed by atoms with Gasteiger partial charge in [-0.1, -0.05) is 72.0 Å². The van der Waals surface area contributed by atoms with Crippen molar-refractivity contribution in [1.82, 2.24) is 4.98 Å². The zero-order valence-corrected chi connectivity index (χ0v) is 17.6. The number of ether oxygens (including phenoxy) is 1. The minimum atomic E-state index is -0.260. The molecule has 1 aliphatic rings. The van der Waals surface area contributed by atoms with Crippen LogP contribution in [0.2, 0.25) is 0 Å². The Balaban J connectivity index is 1.22. The number of fused-ring (bicyclic) bond motifs is 1. The van der Waals surface area contributed by atoms with Gasteiger partial charge in [0.25, 0.3) is 0 Å². The van der Waals surface area contributed by atoms with Crippen LogP contribution in [-0.2, 0) is 9.53 Å². The number of hydrogen-bond donors (Lipinski definition) is 0. The van der Waals surface area contributed by atoms with Crippen LogP contribution in [0.5, 0.6) is 0 Å². The number of esters is 1. The van der Waals surface area contributed by atoms with Crippen LogP contribution in [0.15, 0.2) is 78.9 Å². The van der Waals surface area contributed by atoms with Gasteiger partial charge in [-0.15, -0.1) is 0 Å². The lowest BCUT2D eigenvalue weighted by atomic mass is 9.88. The minimum absolute atomic E-state index is 0.0368. The summed E-state index contributed by atoms with van der Waals surface area (Å²) in [5.74, 6) is -0.497. The number of aromatic nitrogens is 1. The maximum absolute atomic E-state index is 13.4. The van der Waals surface area contributed by atoms with E-state index < -0.39 is 0 Å². The fraction of sp³-hybridized carbons (Fsp3) is 0.200. The molecule has 1 fully saturated rings. The molecule has 0 amide bonds. The molecule has 4 nitrogen and oxygen atoms in total. The van der Waals surface area contributed by atoms with Crippen molar-refractivity contribution < 1.29 is 13.9 Å². The summed E-state index contributed by atoms with van der Waals surface area (Å²) in [6, 6.07) is 24.7. The molecule has 1 aliphatic heterocycles. The van der Waals surface area contributed by atoms with Gasteiger partial charge in [-0.05, 0) is 29.3 Å². The maximum Gasteiger partial charge on any atom is 0.307 e. The average molecular weight is 433 g/mol. The topological polar surface area (TPSA) is 42.4 Å². The Kier molecular flexibility index (Phi) is 5.38. The number of thiazole rings is 1. The molecule has 5 rings (SSSR count). The summed E-state index contributed by atoms with van der Waals surface area (Å²) in [6.07, 6.45) is 0.147. The summed E-state index contributed by atoms with van der Waals surface area (Å²) >= 11 is 1.46. The molecule has 31 heavy (non-hydrogen) atoms. The van der Waals surface area contributed by atoms with E-state index in [2.05, 4.69) is 9.88 Å². The van der Waals surface area contributed by atoms with Crippen LogP contribution in [0.3, 0.4) is 0 Å². The molecule has 0 bridgehead atoms. The number of anilines is 1. The van der Waals surface area contributed by atoms with Crippen molar-refractivity contribution in [2.45, 2.75) is 18.4 Å². The van der Waals surface area contributed by atoms with Gasteiger partial charge in [-0.2, -0.15) is 0 Å². The average Bonchev–Trinajstić information content (AvgIpc) is 3.18. The van der Waals surface area contributed by atoms with Gasteiger partial charge in [-0.3, -0.25) is 4.79 Å². The fourth-order valence-corrected chi connectivity index (χ4v) is 4.90. The minimum Gasteiger partial charge on any atom is -0.459 e. The predicted molar refractivity (Wildman–Crippen MR) is 121 cm³/mol. The van der Waals surface area contributed by atoms with Crippen molar-refractivity contribution in [3.05, 3.63) is 95.8 Å². The second kappa shape index (κ2) is 8.47. The highest BCUT2D eigenvalue weighted by Gasteiger charge is 2.33. The third-order valence-corrected chi connectivity index (χ3v) is 6.61. The number of hydrogen-bond acceptors (Lipinski definition) is 5. The van der Waals surface area contributed by atoms with Crippen molar-refractivity contribution in [3.63, 3.8) is 0 Å². The molecule has 0 atom stereocenters. The first-order valence-electron chi connectivity index (χ1n) is 10.3. The van der Waals surface area contributed by atoms with Gasteiger partial charge in [0.1, 0.15) is 11.9 Å². The third-order valence-electron chi connectivity index (χ3n) is 5.53. The van der Waals surface area contributed by atoms with Crippen molar-refractivity contribution in [2.75, 3.05) is 18.0 Å². The van der Waals surface area contributed by atoms with Gasteiger partial charge in [0.2, 0.25) is 0 Å². The number of carbonyl (C=O) groups is 1. The number of benzene rings is 3. The van der Waals surface area contributed by atoms with Crippen LogP contribution in [0.4, 0.5) is 9.52 Å². The van der Waals surface area contributed by atoms with Crippen LogP contribution in [0.25, 0.3) is 10.2 Å². The monoisotopic (exact) mass is 432 g/mol. The molecule has 0 unspecified atom stereocenters. The van der Waals surface area contributed by atoms with E-state index in [0.29, 0.717) is 19.5 Å². The van der Waals surface area contributed by atoms with Crippen LogP contribution in [0.1, 0.15) is 23.5 Å². The SMILES string of the molecule is O=C(CC(c1ccccc1)c1ccccc1)OC1CN(c2nc3ccc(F)cc3s2)C1. The molecule has 3 aromatic carbocycles. The van der Waals surface area contributed by atoms with Crippen LogP contribution in [0, 0.1) is 5.82 Å². The van der Waals surface area contributed by atoms with Gasteiger partial charge in [0, 0.05) is 5.92 Å². The van der Waals surface area contributed by atoms with Crippen molar-refractivity contribution in [2.24, 2.45) is 0 Å². The molecule has 1 saturated heterocycles. The van der Waals surface area contributed by atoms with Crippen LogP contribution >= 0.6 is 11.3 Å². The van der Waals surface area contributed by atoms with E-state index in [9.17, 15) is 9.18 Å². The third kappa shape index (κ3) is 4.30. The lowest BCUT2D eigenvalue weighted by Gasteiger charge is -2.38. The quantitative estimate of drug-likeness (QED) is 0.383. The molecule has 2 heterocycles. The highest BCUT2D eigenvalue weighted by atomic mass is 32.1. The van der Waals surface area contributed by atoms with Gasteiger partial charge in [0.15, 0.2) is 5.13 Å². The van der Waals surface area contributed by atoms with E-state index >= 15 is 0 Å². The lowest BCUT2D eigenvalue weighted by Crippen LogP contribution is -2.53. The number of rotatable bonds is 6. The fourth-order valence-electron chi connectivity index (χ4n) is 3.89. The highest BCUT2D eigenvalue weighted by molar-refractivity contribution is 7.22. The molecule has 0 radical (unpaired) electrons. The summed E-state index contributed by atoms with van der Waals surface area (Å²) in [4.78, 5) is 19.3. The summed E-state index contributed by atoms with van der Waals surface area (Å²) in [5.41, 5.74) is 2.99. The van der Waals surface area contributed by atoms with Gasteiger partial charge in [0.05, 0.1) is 29.7 Å². The van der Waals surface area contributed by atoms with Gasteiger partial charge >= 0.3 is 5.97 Å². The highest BCUT2D eigenvalue weighted by Crippen LogP contribution is 2.33. The normalized spacial score (nSPS) is 14.1. The van der Waals surface area contributed by atoms with Crippen LogP contribution in [-0.4, -0.2) is 30.1 Å². The first kappa shape index (κ1) is 19.7. The Labute approximate surface area is 183 Å². The Morgan fingerprint density at radius 2 is 1.68 bits per heavy atom. The zero-order chi connectivity index (χ0) is 21.2. The molecule has 156 valence electrons. The zero-order valence-electron chi connectivity index (χ0n) is 16.8. The smallest absolute Gasteiger partial charge is 0.307 e. The first-order chi connectivity index (χ1) is 15.2. The summed E-state index contributed by atoms with van der Waals surface area (Å²) in [5, 5.41) is 0.833. The van der Waals surface area contributed by atoms with Gasteiger partial charge in [-0.25, -0.2) is 9.37 Å². The Morgan fingerprint density at radius 3 is 2.32 bits per heavy atom. The second-order valence-corrected chi connectivity index (χ2v) is 8.71. The van der Waals surface area contributed by atoms with E-state index in [1.165, 1.54) is 23.5 Å². The molecule has 6 heteroatoms. The molecular formula is C25H21FN2O2S. The number of halogens is 1. The summed E-state index contributed by atoms with van der Waals surface area (Å²) in [6.45, 7) is 1.21. The van der Waals surface area contributed by atoms with E-state index in [1.54, 1.807) is 6.07 Å². The van der Waals surface area contributed by atoms with E-state index in [-0.39, 0.29) is 23.8 Å². The van der Waals surface area contributed by atoms with Crippen molar-refractivity contribution in [3.8, 4) is 0 Å². The molecule has 0 spiro atoms. The lowest BCUT2D eigenvalue weighted by molar-refractivity contribution is -0.150. The Morgan fingerprint density at radius 1 is 1.03 bits per heavy atom. The van der Waals surface area contributed by atoms with Crippen LogP contribution < -0.4 is 4.90 Å². The Bertz CT molecular complexity index is 1150.